The molecule has 0 saturated carbocycles. The van der Waals surface area contributed by atoms with Crippen molar-refractivity contribution >= 4 is 11.4 Å². The summed E-state index contributed by atoms with van der Waals surface area (Å²) < 4.78 is 5.13. The van der Waals surface area contributed by atoms with Crippen molar-refractivity contribution in [2.24, 2.45) is 0 Å². The molecule has 0 aromatic heterocycles. The van der Waals surface area contributed by atoms with Gasteiger partial charge in [-0.15, -0.1) is 0 Å². The van der Waals surface area contributed by atoms with Crippen LogP contribution in [0.15, 0.2) is 48.5 Å². The summed E-state index contributed by atoms with van der Waals surface area (Å²) in [6, 6.07) is 15.9. The van der Waals surface area contributed by atoms with Gasteiger partial charge in [-0.1, -0.05) is 24.3 Å². The number of hydrogen-bond acceptors (Lipinski definition) is 3. The molecule has 0 atom stereocenters. The van der Waals surface area contributed by atoms with Crippen LogP contribution in [0, 0.1) is 0 Å². The van der Waals surface area contributed by atoms with Crippen molar-refractivity contribution in [1.82, 2.24) is 0 Å². The third-order valence-corrected chi connectivity index (χ3v) is 2.85. The SMILES string of the molecule is COc1ccc(CCNc2ccccc2N)cc1. The van der Waals surface area contributed by atoms with E-state index < -0.39 is 0 Å². The summed E-state index contributed by atoms with van der Waals surface area (Å²) in [5, 5.41) is 3.33. The Bertz CT molecular complexity index is 494. The first-order chi connectivity index (χ1) is 8.79. The van der Waals surface area contributed by atoms with Gasteiger partial charge in [0.2, 0.25) is 0 Å². The lowest BCUT2D eigenvalue weighted by Gasteiger charge is -2.09. The molecule has 0 spiro atoms. The van der Waals surface area contributed by atoms with E-state index >= 15 is 0 Å². The largest absolute Gasteiger partial charge is 0.497 e. The van der Waals surface area contributed by atoms with Gasteiger partial charge >= 0.3 is 0 Å². The molecule has 2 rings (SSSR count). The van der Waals surface area contributed by atoms with E-state index in [2.05, 4.69) is 17.4 Å². The minimum absolute atomic E-state index is 0.784. The molecule has 0 aliphatic carbocycles. The molecule has 0 radical (unpaired) electrons. The van der Waals surface area contributed by atoms with Crippen LogP contribution in [0.1, 0.15) is 5.56 Å². The lowest BCUT2D eigenvalue weighted by molar-refractivity contribution is 0.414. The number of nitrogen functional groups attached to an aromatic ring is 1. The fraction of sp³-hybridized carbons (Fsp3) is 0.200. The van der Waals surface area contributed by atoms with Gasteiger partial charge in [-0.25, -0.2) is 0 Å². The summed E-state index contributed by atoms with van der Waals surface area (Å²) in [5.74, 6) is 0.888. The molecule has 0 amide bonds. The normalized spacial score (nSPS) is 10.1. The van der Waals surface area contributed by atoms with E-state index in [0.29, 0.717) is 0 Å². The van der Waals surface area contributed by atoms with E-state index in [0.717, 1.165) is 30.1 Å². The van der Waals surface area contributed by atoms with Crippen molar-refractivity contribution in [3.63, 3.8) is 0 Å². The Hall–Kier alpha value is -2.16. The number of rotatable bonds is 5. The number of nitrogens with one attached hydrogen (secondary N) is 1. The fourth-order valence-corrected chi connectivity index (χ4v) is 1.79. The third kappa shape index (κ3) is 3.17. The summed E-state index contributed by atoms with van der Waals surface area (Å²) in [6.45, 7) is 0.862. The lowest BCUT2D eigenvalue weighted by Crippen LogP contribution is -2.06. The quantitative estimate of drug-likeness (QED) is 0.792. The van der Waals surface area contributed by atoms with Crippen LogP contribution in [0.3, 0.4) is 0 Å². The van der Waals surface area contributed by atoms with E-state index in [-0.39, 0.29) is 0 Å². The van der Waals surface area contributed by atoms with Crippen LogP contribution in [0.5, 0.6) is 5.75 Å². The highest BCUT2D eigenvalue weighted by atomic mass is 16.5. The van der Waals surface area contributed by atoms with Crippen LogP contribution in [0.25, 0.3) is 0 Å². The number of nitrogens with two attached hydrogens (primary N) is 1. The van der Waals surface area contributed by atoms with E-state index in [9.17, 15) is 0 Å². The molecule has 3 nitrogen and oxygen atoms in total. The molecule has 2 aromatic carbocycles. The van der Waals surface area contributed by atoms with Gasteiger partial charge in [0.05, 0.1) is 18.5 Å². The Kier molecular flexibility index (Phi) is 4.07. The van der Waals surface area contributed by atoms with Crippen LogP contribution in [-0.2, 0) is 6.42 Å². The third-order valence-electron chi connectivity index (χ3n) is 2.85. The standard InChI is InChI=1S/C15H18N2O/c1-18-13-8-6-12(7-9-13)10-11-17-15-5-3-2-4-14(15)16/h2-9,17H,10-11,16H2,1H3. The molecule has 0 heterocycles. The molecule has 0 unspecified atom stereocenters. The molecule has 0 fully saturated rings. The molecule has 2 aromatic rings. The highest BCUT2D eigenvalue weighted by molar-refractivity contribution is 5.65. The highest BCUT2D eigenvalue weighted by Crippen LogP contribution is 2.17. The van der Waals surface area contributed by atoms with Crippen LogP contribution >= 0.6 is 0 Å². The smallest absolute Gasteiger partial charge is 0.118 e. The number of ether oxygens (including phenoxy) is 1. The molecule has 94 valence electrons. The monoisotopic (exact) mass is 242 g/mol. The topological polar surface area (TPSA) is 47.3 Å². The zero-order valence-electron chi connectivity index (χ0n) is 10.5. The second kappa shape index (κ2) is 5.96. The summed E-state index contributed by atoms with van der Waals surface area (Å²) in [6.07, 6.45) is 0.957. The van der Waals surface area contributed by atoms with Crippen LogP contribution in [-0.4, -0.2) is 13.7 Å². The van der Waals surface area contributed by atoms with Gasteiger partial charge < -0.3 is 15.8 Å². The number of hydrogen-bond donors (Lipinski definition) is 2. The van der Waals surface area contributed by atoms with Gasteiger partial charge in [0.1, 0.15) is 5.75 Å². The Morgan fingerprint density at radius 2 is 1.78 bits per heavy atom. The minimum atomic E-state index is 0.784. The molecule has 0 aliphatic heterocycles. The molecular formula is C15H18N2O. The van der Waals surface area contributed by atoms with Crippen molar-refractivity contribution in [2.45, 2.75) is 6.42 Å². The molecule has 3 N–H and O–H groups in total. The zero-order valence-corrected chi connectivity index (χ0v) is 10.5. The van der Waals surface area contributed by atoms with Crippen molar-refractivity contribution in [3.8, 4) is 5.75 Å². The van der Waals surface area contributed by atoms with Gasteiger partial charge in [0.25, 0.3) is 0 Å². The molecule has 3 heteroatoms. The average molecular weight is 242 g/mol. The molecule has 0 bridgehead atoms. The Morgan fingerprint density at radius 1 is 1.06 bits per heavy atom. The first kappa shape index (κ1) is 12.3. The highest BCUT2D eigenvalue weighted by Gasteiger charge is 1.97. The van der Waals surface area contributed by atoms with E-state index in [1.165, 1.54) is 5.56 Å². The summed E-state index contributed by atoms with van der Waals surface area (Å²) >= 11 is 0. The van der Waals surface area contributed by atoms with Gasteiger partial charge in [-0.2, -0.15) is 0 Å². The molecule has 0 aliphatic rings. The number of anilines is 2. The molecule has 0 saturated heterocycles. The second-order valence-corrected chi connectivity index (χ2v) is 4.11. The Labute approximate surface area is 108 Å². The van der Waals surface area contributed by atoms with Crippen LogP contribution < -0.4 is 15.8 Å². The minimum Gasteiger partial charge on any atom is -0.497 e. The predicted octanol–water partition coefficient (Wildman–Crippen LogP) is 2.93. The Balaban J connectivity index is 1.86. The molecular weight excluding hydrogens is 224 g/mol. The van der Waals surface area contributed by atoms with Crippen LogP contribution in [0.2, 0.25) is 0 Å². The van der Waals surface area contributed by atoms with E-state index in [1.54, 1.807) is 7.11 Å². The van der Waals surface area contributed by atoms with Crippen molar-refractivity contribution in [3.05, 3.63) is 54.1 Å². The second-order valence-electron chi connectivity index (χ2n) is 4.11. The van der Waals surface area contributed by atoms with E-state index in [4.69, 9.17) is 10.5 Å². The van der Waals surface area contributed by atoms with Gasteiger partial charge in [0.15, 0.2) is 0 Å². The average Bonchev–Trinajstić information content (AvgIpc) is 2.42. The van der Waals surface area contributed by atoms with Crippen molar-refractivity contribution < 1.29 is 4.74 Å². The van der Waals surface area contributed by atoms with E-state index in [1.807, 2.05) is 36.4 Å². The molecule has 18 heavy (non-hydrogen) atoms. The fourth-order valence-electron chi connectivity index (χ4n) is 1.79. The van der Waals surface area contributed by atoms with Crippen LogP contribution in [0.4, 0.5) is 11.4 Å². The van der Waals surface area contributed by atoms with Gasteiger partial charge in [-0.3, -0.25) is 0 Å². The lowest BCUT2D eigenvalue weighted by atomic mass is 10.1. The summed E-state index contributed by atoms with van der Waals surface area (Å²) in [4.78, 5) is 0. The summed E-state index contributed by atoms with van der Waals surface area (Å²) in [7, 11) is 1.68. The zero-order chi connectivity index (χ0) is 12.8. The van der Waals surface area contributed by atoms with Gasteiger partial charge in [0, 0.05) is 6.54 Å². The maximum Gasteiger partial charge on any atom is 0.118 e. The summed E-state index contributed by atoms with van der Waals surface area (Å²) in [5.41, 5.74) is 8.91. The maximum atomic E-state index is 5.86. The van der Waals surface area contributed by atoms with Crippen molar-refractivity contribution in [1.29, 1.82) is 0 Å². The first-order valence-electron chi connectivity index (χ1n) is 6.01. The Morgan fingerprint density at radius 3 is 2.44 bits per heavy atom. The number of para-hydroxylation sites is 2. The number of methoxy groups -OCH3 is 1. The van der Waals surface area contributed by atoms with Gasteiger partial charge in [-0.05, 0) is 36.2 Å². The first-order valence-corrected chi connectivity index (χ1v) is 6.01. The van der Waals surface area contributed by atoms with Crippen molar-refractivity contribution in [2.75, 3.05) is 24.7 Å². The predicted molar refractivity (Wildman–Crippen MR) is 76.0 cm³/mol. The number of benzene rings is 2. The maximum absolute atomic E-state index is 5.86.